The highest BCUT2D eigenvalue weighted by molar-refractivity contribution is 5.81. The van der Waals surface area contributed by atoms with Gasteiger partial charge in [0.25, 0.3) is 0 Å². The summed E-state index contributed by atoms with van der Waals surface area (Å²) in [6.45, 7) is 1.64. The van der Waals surface area contributed by atoms with Crippen LogP contribution in [0.2, 0.25) is 0 Å². The summed E-state index contributed by atoms with van der Waals surface area (Å²) in [5.41, 5.74) is 7.27. The second kappa shape index (κ2) is 7.30. The molecule has 0 saturated carbocycles. The molecule has 0 unspecified atom stereocenters. The van der Waals surface area contributed by atoms with E-state index in [1.54, 1.807) is 30.6 Å². The molecule has 2 aromatic rings. The zero-order valence-corrected chi connectivity index (χ0v) is 13.1. The molecule has 0 bridgehead atoms. The molecule has 8 nitrogen and oxygen atoms in total. The molecule has 2 rings (SSSR count). The van der Waals surface area contributed by atoms with Crippen LogP contribution in [0.15, 0.2) is 29.5 Å². The van der Waals surface area contributed by atoms with Crippen LogP contribution in [0.25, 0.3) is 0 Å². The summed E-state index contributed by atoms with van der Waals surface area (Å²) in [5, 5.41) is 4.22. The second-order valence-corrected chi connectivity index (χ2v) is 4.60. The Morgan fingerprint density at radius 3 is 2.78 bits per heavy atom. The van der Waals surface area contributed by atoms with Crippen molar-refractivity contribution in [1.29, 1.82) is 0 Å². The van der Waals surface area contributed by atoms with Gasteiger partial charge in [-0.2, -0.15) is 5.10 Å². The number of methoxy groups -OCH3 is 2. The van der Waals surface area contributed by atoms with Gasteiger partial charge in [-0.25, -0.2) is 14.5 Å². The Balaban J connectivity index is 2.15. The van der Waals surface area contributed by atoms with E-state index >= 15 is 0 Å². The molecule has 8 heteroatoms. The maximum absolute atomic E-state index is 11.1. The lowest BCUT2D eigenvalue weighted by molar-refractivity contribution is -0.142. The summed E-state index contributed by atoms with van der Waals surface area (Å²) in [4.78, 5) is 15.2. The summed E-state index contributed by atoms with van der Waals surface area (Å²) in [5.74, 6) is 0.757. The average molecular weight is 318 g/mol. The molecular formula is C15H18N4O4. The number of carbonyl (C=O) groups excluding carboxylic acids is 1. The fraction of sp³-hybridized carbons (Fsp3) is 0.267. The molecule has 1 aromatic heterocycles. The highest BCUT2D eigenvalue weighted by atomic mass is 16.6. The molecule has 0 aliphatic rings. The van der Waals surface area contributed by atoms with Crippen LogP contribution in [0.1, 0.15) is 11.3 Å². The van der Waals surface area contributed by atoms with Gasteiger partial charge >= 0.3 is 5.97 Å². The number of rotatable bonds is 6. The molecule has 0 amide bonds. The first-order valence-electron chi connectivity index (χ1n) is 6.77. The number of nitrogen functional groups attached to an aromatic ring is 1. The maximum atomic E-state index is 11.1. The van der Waals surface area contributed by atoms with Crippen molar-refractivity contribution in [3.63, 3.8) is 0 Å². The highest BCUT2D eigenvalue weighted by Gasteiger charge is 2.08. The van der Waals surface area contributed by atoms with Crippen LogP contribution < -0.4 is 15.2 Å². The van der Waals surface area contributed by atoms with Gasteiger partial charge < -0.3 is 19.9 Å². The third-order valence-corrected chi connectivity index (χ3v) is 2.93. The molecule has 0 fully saturated rings. The predicted octanol–water partition coefficient (Wildman–Crippen LogP) is 1.22. The van der Waals surface area contributed by atoms with Crippen molar-refractivity contribution in [2.75, 3.05) is 26.6 Å². The lowest BCUT2D eigenvalue weighted by Crippen LogP contribution is -2.13. The van der Waals surface area contributed by atoms with Gasteiger partial charge in [0.05, 0.1) is 32.3 Å². The number of esters is 1. The minimum absolute atomic E-state index is 0.189. The lowest BCUT2D eigenvalue weighted by atomic mass is 10.2. The number of hydrogen-bond donors (Lipinski definition) is 1. The average Bonchev–Trinajstić information content (AvgIpc) is 2.88. The van der Waals surface area contributed by atoms with Crippen molar-refractivity contribution < 1.29 is 19.0 Å². The first-order valence-corrected chi connectivity index (χ1v) is 6.77. The van der Waals surface area contributed by atoms with Crippen LogP contribution in [-0.2, 0) is 9.53 Å². The first-order chi connectivity index (χ1) is 11.0. The quantitative estimate of drug-likeness (QED) is 0.635. The van der Waals surface area contributed by atoms with Crippen molar-refractivity contribution in [2.45, 2.75) is 6.92 Å². The standard InChI is InChI=1S/C15H18N4O4/c1-10-8-19(15(16)18-10)17-7-11-4-5-12(13(6-11)21-2)23-9-14(20)22-3/h4-8H,9H2,1-3H3,(H2,16,18). The summed E-state index contributed by atoms with van der Waals surface area (Å²) in [6, 6.07) is 5.19. The van der Waals surface area contributed by atoms with Gasteiger partial charge in [0.15, 0.2) is 18.1 Å². The summed E-state index contributed by atoms with van der Waals surface area (Å²) in [6.07, 6.45) is 3.33. The van der Waals surface area contributed by atoms with E-state index in [-0.39, 0.29) is 6.61 Å². The zero-order valence-electron chi connectivity index (χ0n) is 13.1. The zero-order chi connectivity index (χ0) is 16.8. The monoisotopic (exact) mass is 318 g/mol. The third kappa shape index (κ3) is 4.22. The van der Waals surface area contributed by atoms with Crippen LogP contribution in [0.3, 0.4) is 0 Å². The number of benzene rings is 1. The molecule has 2 N–H and O–H groups in total. The van der Waals surface area contributed by atoms with E-state index in [2.05, 4.69) is 14.8 Å². The Hall–Kier alpha value is -3.03. The van der Waals surface area contributed by atoms with Crippen molar-refractivity contribution in [3.8, 4) is 11.5 Å². The van der Waals surface area contributed by atoms with E-state index in [9.17, 15) is 4.79 Å². The number of aryl methyl sites for hydroxylation is 1. The van der Waals surface area contributed by atoms with Gasteiger partial charge in [-0.15, -0.1) is 0 Å². The molecule has 0 spiro atoms. The normalized spacial score (nSPS) is 10.7. The van der Waals surface area contributed by atoms with E-state index < -0.39 is 5.97 Å². The molecule has 0 radical (unpaired) electrons. The van der Waals surface area contributed by atoms with Gasteiger partial charge in [-0.05, 0) is 30.7 Å². The summed E-state index contributed by atoms with van der Waals surface area (Å²) in [7, 11) is 2.81. The fourth-order valence-electron chi connectivity index (χ4n) is 1.80. The SMILES string of the molecule is COC(=O)COc1ccc(C=Nn2cc(C)nc2N)cc1OC. The minimum atomic E-state index is -0.469. The lowest BCUT2D eigenvalue weighted by Gasteiger charge is -2.10. The van der Waals surface area contributed by atoms with Crippen LogP contribution >= 0.6 is 0 Å². The fourth-order valence-corrected chi connectivity index (χ4v) is 1.80. The molecule has 0 saturated heterocycles. The molecular weight excluding hydrogens is 300 g/mol. The minimum Gasteiger partial charge on any atom is -0.493 e. The molecule has 23 heavy (non-hydrogen) atoms. The Kier molecular flexibility index (Phi) is 5.19. The maximum Gasteiger partial charge on any atom is 0.343 e. The van der Waals surface area contributed by atoms with E-state index in [1.807, 2.05) is 6.92 Å². The van der Waals surface area contributed by atoms with Crippen molar-refractivity contribution in [3.05, 3.63) is 35.7 Å². The Morgan fingerprint density at radius 1 is 1.39 bits per heavy atom. The van der Waals surface area contributed by atoms with Crippen LogP contribution in [0.5, 0.6) is 11.5 Å². The molecule has 0 atom stereocenters. The van der Waals surface area contributed by atoms with Gasteiger partial charge in [0, 0.05) is 0 Å². The largest absolute Gasteiger partial charge is 0.493 e. The third-order valence-electron chi connectivity index (χ3n) is 2.93. The number of imidazole rings is 1. The Bertz CT molecular complexity index is 724. The van der Waals surface area contributed by atoms with E-state index in [1.165, 1.54) is 18.9 Å². The number of hydrogen-bond acceptors (Lipinski definition) is 7. The second-order valence-electron chi connectivity index (χ2n) is 4.60. The number of nitrogens with zero attached hydrogens (tertiary/aromatic N) is 3. The predicted molar refractivity (Wildman–Crippen MR) is 84.9 cm³/mol. The summed E-state index contributed by atoms with van der Waals surface area (Å²) < 4.78 is 16.6. The number of ether oxygens (including phenoxy) is 3. The van der Waals surface area contributed by atoms with Crippen LogP contribution in [-0.4, -0.2) is 42.7 Å². The Labute approximate surface area is 133 Å². The number of nitrogens with two attached hydrogens (primary N) is 1. The highest BCUT2D eigenvalue weighted by Crippen LogP contribution is 2.27. The molecule has 1 heterocycles. The van der Waals surface area contributed by atoms with Gasteiger partial charge in [0.2, 0.25) is 5.95 Å². The van der Waals surface area contributed by atoms with Crippen molar-refractivity contribution in [1.82, 2.24) is 9.66 Å². The number of anilines is 1. The van der Waals surface area contributed by atoms with E-state index in [0.717, 1.165) is 11.3 Å². The van der Waals surface area contributed by atoms with Crippen molar-refractivity contribution >= 4 is 18.1 Å². The van der Waals surface area contributed by atoms with Crippen LogP contribution in [0.4, 0.5) is 5.95 Å². The molecule has 0 aliphatic heterocycles. The Morgan fingerprint density at radius 2 is 2.17 bits per heavy atom. The van der Waals surface area contributed by atoms with Crippen molar-refractivity contribution in [2.24, 2.45) is 5.10 Å². The van der Waals surface area contributed by atoms with E-state index in [0.29, 0.717) is 17.4 Å². The topological polar surface area (TPSA) is 101 Å². The van der Waals surface area contributed by atoms with Crippen LogP contribution in [0, 0.1) is 6.92 Å². The van der Waals surface area contributed by atoms with Gasteiger partial charge in [-0.3, -0.25) is 0 Å². The van der Waals surface area contributed by atoms with Gasteiger partial charge in [0.1, 0.15) is 0 Å². The molecule has 1 aromatic carbocycles. The smallest absolute Gasteiger partial charge is 0.343 e. The molecule has 0 aliphatic carbocycles. The summed E-state index contributed by atoms with van der Waals surface area (Å²) >= 11 is 0. The number of carbonyl (C=O) groups is 1. The van der Waals surface area contributed by atoms with E-state index in [4.69, 9.17) is 15.2 Å². The molecule has 122 valence electrons. The first kappa shape index (κ1) is 16.3. The number of aromatic nitrogens is 2. The van der Waals surface area contributed by atoms with Gasteiger partial charge in [-0.1, -0.05) is 0 Å².